The van der Waals surface area contributed by atoms with Crippen LogP contribution in [0.1, 0.15) is 38.5 Å². The Labute approximate surface area is 150 Å². The van der Waals surface area contributed by atoms with Crippen molar-refractivity contribution >= 4 is 42.6 Å². The number of anilines is 1. The molecule has 0 aliphatic carbocycles. The van der Waals surface area contributed by atoms with Crippen LogP contribution in [0.5, 0.6) is 0 Å². The molecule has 2 aliphatic heterocycles. The predicted octanol–water partition coefficient (Wildman–Crippen LogP) is 4.90. The average molecular weight is 394 g/mol. The van der Waals surface area contributed by atoms with E-state index < -0.39 is 0 Å². The van der Waals surface area contributed by atoms with Gasteiger partial charge in [-0.1, -0.05) is 40.1 Å². The lowest BCUT2D eigenvalue weighted by atomic mass is 10.0. The summed E-state index contributed by atoms with van der Waals surface area (Å²) in [5, 5.41) is 1.21. The van der Waals surface area contributed by atoms with Crippen LogP contribution in [0.3, 0.4) is 0 Å². The molecular weight excluding hydrogens is 370 g/mol. The number of halogens is 1. The fourth-order valence-corrected chi connectivity index (χ4v) is 5.46. The number of piperidine rings is 1. The van der Waals surface area contributed by atoms with Gasteiger partial charge in [0.15, 0.2) is 5.13 Å². The van der Waals surface area contributed by atoms with Crippen molar-refractivity contribution < 1.29 is 0 Å². The first-order valence-electron chi connectivity index (χ1n) is 8.85. The quantitative estimate of drug-likeness (QED) is 0.722. The van der Waals surface area contributed by atoms with Crippen LogP contribution in [0.15, 0.2) is 22.7 Å². The van der Waals surface area contributed by atoms with Gasteiger partial charge >= 0.3 is 0 Å². The van der Waals surface area contributed by atoms with E-state index in [1.807, 2.05) is 11.3 Å². The Kier molecular flexibility index (Phi) is 4.88. The van der Waals surface area contributed by atoms with Gasteiger partial charge in [-0.15, -0.1) is 0 Å². The maximum Gasteiger partial charge on any atom is 0.186 e. The zero-order chi connectivity index (χ0) is 15.6. The lowest BCUT2D eigenvalue weighted by Gasteiger charge is -2.39. The van der Waals surface area contributed by atoms with Crippen LogP contribution in [0, 0.1) is 0 Å². The highest BCUT2D eigenvalue weighted by Gasteiger charge is 2.27. The SMILES string of the molecule is Brc1ccc2nc(N3CCC[C@@H](N4CCCCCC4)C3)sc2c1. The smallest absolute Gasteiger partial charge is 0.186 e. The van der Waals surface area contributed by atoms with Gasteiger partial charge in [0.2, 0.25) is 0 Å². The molecular formula is C18H24BrN3S. The van der Waals surface area contributed by atoms with Gasteiger partial charge in [0.05, 0.1) is 10.2 Å². The number of hydrogen-bond donors (Lipinski definition) is 0. The third-order valence-electron chi connectivity index (χ3n) is 5.16. The van der Waals surface area contributed by atoms with Crippen molar-refractivity contribution in [2.75, 3.05) is 31.1 Å². The Morgan fingerprint density at radius 3 is 2.70 bits per heavy atom. The largest absolute Gasteiger partial charge is 0.346 e. The molecule has 0 unspecified atom stereocenters. The number of benzene rings is 1. The highest BCUT2D eigenvalue weighted by Crippen LogP contribution is 2.33. The minimum absolute atomic E-state index is 0.723. The standard InChI is InChI=1S/C18H24BrN3S/c19-14-7-8-16-17(12-14)23-18(20-16)22-11-5-6-15(13-22)21-9-3-1-2-4-10-21/h7-8,12,15H,1-6,9-11,13H2/t15-/m1/s1. The molecule has 1 aromatic carbocycles. The van der Waals surface area contributed by atoms with Crippen LogP contribution < -0.4 is 4.90 Å². The lowest BCUT2D eigenvalue weighted by molar-refractivity contribution is 0.182. The molecule has 0 N–H and O–H groups in total. The lowest BCUT2D eigenvalue weighted by Crippen LogP contribution is -2.48. The predicted molar refractivity (Wildman–Crippen MR) is 103 cm³/mol. The first-order valence-corrected chi connectivity index (χ1v) is 10.5. The van der Waals surface area contributed by atoms with Crippen molar-refractivity contribution in [3.8, 4) is 0 Å². The van der Waals surface area contributed by atoms with Gasteiger partial charge in [0.25, 0.3) is 0 Å². The minimum atomic E-state index is 0.723. The van der Waals surface area contributed by atoms with Gasteiger partial charge in [-0.3, -0.25) is 4.90 Å². The Morgan fingerprint density at radius 2 is 1.87 bits per heavy atom. The molecule has 2 fully saturated rings. The number of likely N-dealkylation sites (tertiary alicyclic amines) is 1. The van der Waals surface area contributed by atoms with E-state index in [4.69, 9.17) is 4.98 Å². The molecule has 23 heavy (non-hydrogen) atoms. The van der Waals surface area contributed by atoms with E-state index >= 15 is 0 Å². The minimum Gasteiger partial charge on any atom is -0.346 e. The Bertz CT molecular complexity index is 663. The number of nitrogens with zero attached hydrogens (tertiary/aromatic N) is 3. The highest BCUT2D eigenvalue weighted by atomic mass is 79.9. The topological polar surface area (TPSA) is 19.4 Å². The summed E-state index contributed by atoms with van der Waals surface area (Å²) in [7, 11) is 0. The van der Waals surface area contributed by atoms with Gasteiger partial charge in [-0.2, -0.15) is 0 Å². The van der Waals surface area contributed by atoms with Crippen molar-refractivity contribution in [2.24, 2.45) is 0 Å². The Hall–Kier alpha value is -0.650. The van der Waals surface area contributed by atoms with Gasteiger partial charge in [0.1, 0.15) is 0 Å². The molecule has 3 heterocycles. The fourth-order valence-electron chi connectivity index (χ4n) is 3.91. The average Bonchev–Trinajstić information content (AvgIpc) is 2.80. The first kappa shape index (κ1) is 15.9. The summed E-state index contributed by atoms with van der Waals surface area (Å²) in [5.74, 6) is 0. The zero-order valence-electron chi connectivity index (χ0n) is 13.5. The Morgan fingerprint density at radius 1 is 1.04 bits per heavy atom. The summed E-state index contributed by atoms with van der Waals surface area (Å²) in [6, 6.07) is 7.12. The molecule has 0 spiro atoms. The number of aromatic nitrogens is 1. The van der Waals surface area contributed by atoms with E-state index in [1.165, 1.54) is 61.4 Å². The summed E-state index contributed by atoms with van der Waals surface area (Å²) in [5.41, 5.74) is 1.13. The first-order chi connectivity index (χ1) is 11.3. The molecule has 0 amide bonds. The van der Waals surface area contributed by atoms with Crippen LogP contribution in [0.2, 0.25) is 0 Å². The molecule has 124 valence electrons. The highest BCUT2D eigenvalue weighted by molar-refractivity contribution is 9.10. The Balaban J connectivity index is 1.51. The van der Waals surface area contributed by atoms with Crippen LogP contribution in [0.25, 0.3) is 10.2 Å². The van der Waals surface area contributed by atoms with Gasteiger partial charge < -0.3 is 4.90 Å². The van der Waals surface area contributed by atoms with Crippen molar-refractivity contribution in [2.45, 2.75) is 44.6 Å². The van der Waals surface area contributed by atoms with Gasteiger partial charge in [-0.05, 0) is 57.0 Å². The second kappa shape index (κ2) is 7.08. The number of hydrogen-bond acceptors (Lipinski definition) is 4. The third kappa shape index (κ3) is 3.57. The summed E-state index contributed by atoms with van der Waals surface area (Å²) >= 11 is 5.40. The number of thiazole rings is 1. The van der Waals surface area contributed by atoms with Crippen molar-refractivity contribution in [1.82, 2.24) is 9.88 Å². The summed E-state index contributed by atoms with van der Waals surface area (Å²) < 4.78 is 2.42. The maximum atomic E-state index is 4.88. The molecule has 2 saturated heterocycles. The van der Waals surface area contributed by atoms with Crippen LogP contribution in [-0.4, -0.2) is 42.1 Å². The van der Waals surface area contributed by atoms with Crippen molar-refractivity contribution in [3.05, 3.63) is 22.7 Å². The van der Waals surface area contributed by atoms with Crippen LogP contribution in [-0.2, 0) is 0 Å². The number of rotatable bonds is 2. The summed E-state index contributed by atoms with van der Waals surface area (Å²) in [6.07, 6.45) is 8.24. The van der Waals surface area contributed by atoms with E-state index in [1.54, 1.807) is 0 Å². The van der Waals surface area contributed by atoms with E-state index in [2.05, 4.69) is 43.9 Å². The second-order valence-corrected chi connectivity index (χ2v) is 8.73. The molecule has 1 atom stereocenters. The maximum absolute atomic E-state index is 4.88. The van der Waals surface area contributed by atoms with Crippen molar-refractivity contribution in [3.63, 3.8) is 0 Å². The summed E-state index contributed by atoms with van der Waals surface area (Å²) in [4.78, 5) is 10.2. The van der Waals surface area contributed by atoms with E-state index in [9.17, 15) is 0 Å². The van der Waals surface area contributed by atoms with Crippen LogP contribution in [0.4, 0.5) is 5.13 Å². The summed E-state index contributed by atoms with van der Waals surface area (Å²) in [6.45, 7) is 4.91. The van der Waals surface area contributed by atoms with E-state index in [-0.39, 0.29) is 0 Å². The normalized spacial score (nSPS) is 24.0. The number of fused-ring (bicyclic) bond motifs is 1. The van der Waals surface area contributed by atoms with E-state index in [0.29, 0.717) is 0 Å². The molecule has 0 radical (unpaired) electrons. The molecule has 5 heteroatoms. The molecule has 4 rings (SSSR count). The van der Waals surface area contributed by atoms with E-state index in [0.717, 1.165) is 29.1 Å². The molecule has 0 saturated carbocycles. The van der Waals surface area contributed by atoms with Crippen LogP contribution >= 0.6 is 27.3 Å². The molecule has 2 aliphatic rings. The molecule has 2 aromatic rings. The van der Waals surface area contributed by atoms with Gasteiger partial charge in [0, 0.05) is 23.6 Å². The molecule has 0 bridgehead atoms. The fraction of sp³-hybridized carbons (Fsp3) is 0.611. The van der Waals surface area contributed by atoms with Crippen molar-refractivity contribution in [1.29, 1.82) is 0 Å². The second-order valence-electron chi connectivity index (χ2n) is 6.80. The third-order valence-corrected chi connectivity index (χ3v) is 6.74. The molecule has 3 nitrogen and oxygen atoms in total. The molecule has 1 aromatic heterocycles. The van der Waals surface area contributed by atoms with Gasteiger partial charge in [-0.25, -0.2) is 4.98 Å². The zero-order valence-corrected chi connectivity index (χ0v) is 15.9. The monoisotopic (exact) mass is 393 g/mol.